The van der Waals surface area contributed by atoms with Gasteiger partial charge in [-0.3, -0.25) is 4.90 Å². The van der Waals surface area contributed by atoms with Crippen LogP contribution in [0.1, 0.15) is 29.0 Å². The zero-order chi connectivity index (χ0) is 20.7. The summed E-state index contributed by atoms with van der Waals surface area (Å²) in [6, 6.07) is 16.9. The van der Waals surface area contributed by atoms with Gasteiger partial charge >= 0.3 is 6.09 Å². The molecular formula is C25H29N3O2. The third-order valence-corrected chi connectivity index (χ3v) is 6.77. The van der Waals surface area contributed by atoms with Gasteiger partial charge in [0.05, 0.1) is 0 Å². The Morgan fingerprint density at radius 3 is 2.77 bits per heavy atom. The molecule has 30 heavy (non-hydrogen) atoms. The second kappa shape index (κ2) is 7.80. The van der Waals surface area contributed by atoms with Crippen LogP contribution >= 0.6 is 0 Å². The van der Waals surface area contributed by atoms with E-state index in [1.54, 1.807) is 0 Å². The van der Waals surface area contributed by atoms with Crippen LogP contribution in [0.3, 0.4) is 0 Å². The highest BCUT2D eigenvalue weighted by Gasteiger charge is 2.40. The number of benzene rings is 2. The van der Waals surface area contributed by atoms with Crippen LogP contribution in [0.4, 0.5) is 10.5 Å². The Balaban J connectivity index is 1.28. The molecule has 156 valence electrons. The topological polar surface area (TPSA) is 44.8 Å². The number of nitrogens with one attached hydrogen (secondary N) is 1. The Morgan fingerprint density at radius 2 is 1.93 bits per heavy atom. The molecule has 5 heteroatoms. The molecule has 0 fully saturated rings. The molecule has 1 N–H and O–H groups in total. The van der Waals surface area contributed by atoms with Crippen LogP contribution in [0.15, 0.2) is 54.6 Å². The Labute approximate surface area is 178 Å². The van der Waals surface area contributed by atoms with Crippen molar-refractivity contribution in [3.05, 3.63) is 71.3 Å². The fourth-order valence-corrected chi connectivity index (χ4v) is 5.39. The fourth-order valence-electron chi connectivity index (χ4n) is 5.39. The van der Waals surface area contributed by atoms with E-state index in [4.69, 9.17) is 4.74 Å². The van der Waals surface area contributed by atoms with Gasteiger partial charge in [0.15, 0.2) is 0 Å². The number of rotatable bonds is 4. The van der Waals surface area contributed by atoms with Crippen LogP contribution in [0.25, 0.3) is 5.57 Å². The molecule has 2 aliphatic heterocycles. The number of ether oxygens (including phenoxy) is 1. The molecule has 0 bridgehead atoms. The van der Waals surface area contributed by atoms with E-state index in [9.17, 15) is 4.79 Å². The summed E-state index contributed by atoms with van der Waals surface area (Å²) in [5, 5.41) is 2.96. The largest absolute Gasteiger partial charge is 0.445 e. The van der Waals surface area contributed by atoms with Gasteiger partial charge < -0.3 is 15.0 Å². The molecule has 0 radical (unpaired) electrons. The number of nitrogens with zero attached hydrogens (tertiary/aromatic N) is 2. The van der Waals surface area contributed by atoms with E-state index >= 15 is 0 Å². The van der Waals surface area contributed by atoms with Crippen molar-refractivity contribution in [1.29, 1.82) is 0 Å². The molecule has 3 atom stereocenters. The van der Waals surface area contributed by atoms with Gasteiger partial charge in [0.1, 0.15) is 6.61 Å². The van der Waals surface area contributed by atoms with Crippen molar-refractivity contribution in [2.75, 3.05) is 38.6 Å². The van der Waals surface area contributed by atoms with Crippen LogP contribution in [-0.4, -0.2) is 50.8 Å². The van der Waals surface area contributed by atoms with Crippen LogP contribution in [-0.2, 0) is 11.3 Å². The molecule has 3 aliphatic rings. The minimum atomic E-state index is -0.354. The highest BCUT2D eigenvalue weighted by Crippen LogP contribution is 2.49. The molecule has 1 amide bonds. The standard InChI is InChI=1S/C25H29N3O2/c1-27-14-18(13-26-25(29)30-16-17-7-4-3-5-8-17)11-21-20-9-6-10-22-24(20)19(12-23(21)27)15-28(22)2/h3-11,18-19,23H,12-16H2,1-2H3,(H,26,29)/t18-,19?,23+/m0/s1. The molecule has 0 saturated heterocycles. The number of amides is 1. The second-order valence-electron chi connectivity index (χ2n) is 8.83. The minimum Gasteiger partial charge on any atom is -0.445 e. The van der Waals surface area contributed by atoms with E-state index in [1.807, 2.05) is 30.3 Å². The third kappa shape index (κ3) is 3.47. The number of carbonyl (C=O) groups excluding carboxylic acids is 1. The molecule has 0 aromatic heterocycles. The SMILES string of the molecule is CN1CC2C[C@@H]3C(=C[C@@H](CNC(=O)OCc4ccccc4)CN3C)c3cccc1c32. The number of hydrogen-bond acceptors (Lipinski definition) is 4. The lowest BCUT2D eigenvalue weighted by Crippen LogP contribution is -2.45. The van der Waals surface area contributed by atoms with Crippen molar-refractivity contribution in [2.45, 2.75) is 25.0 Å². The van der Waals surface area contributed by atoms with E-state index in [0.29, 0.717) is 25.1 Å². The molecule has 0 saturated carbocycles. The number of hydrogen-bond donors (Lipinski definition) is 1. The number of alkyl carbamates (subject to hydrolysis) is 1. The molecule has 5 nitrogen and oxygen atoms in total. The number of carbonyl (C=O) groups is 1. The molecule has 0 spiro atoms. The van der Waals surface area contributed by atoms with Crippen molar-refractivity contribution in [1.82, 2.24) is 10.2 Å². The number of fused-ring (bicyclic) bond motifs is 2. The smallest absolute Gasteiger partial charge is 0.407 e. The van der Waals surface area contributed by atoms with Crippen LogP contribution in [0, 0.1) is 5.92 Å². The van der Waals surface area contributed by atoms with Gasteiger partial charge in [-0.1, -0.05) is 48.5 Å². The average molecular weight is 404 g/mol. The normalized spacial score (nSPS) is 24.7. The summed E-state index contributed by atoms with van der Waals surface area (Å²) in [6.07, 6.45) is 3.22. The van der Waals surface area contributed by atoms with Gasteiger partial charge in [-0.05, 0) is 41.8 Å². The average Bonchev–Trinajstić information content (AvgIpc) is 3.09. The summed E-state index contributed by atoms with van der Waals surface area (Å²) in [5.74, 6) is 0.894. The van der Waals surface area contributed by atoms with Gasteiger partial charge in [-0.15, -0.1) is 0 Å². The summed E-state index contributed by atoms with van der Waals surface area (Å²) in [5.41, 5.74) is 6.73. The zero-order valence-corrected chi connectivity index (χ0v) is 17.7. The Morgan fingerprint density at radius 1 is 1.10 bits per heavy atom. The first-order chi connectivity index (χ1) is 14.6. The Hall–Kier alpha value is -2.79. The van der Waals surface area contributed by atoms with E-state index in [2.05, 4.69) is 53.5 Å². The van der Waals surface area contributed by atoms with Crippen molar-refractivity contribution >= 4 is 17.4 Å². The molecule has 1 aliphatic carbocycles. The van der Waals surface area contributed by atoms with Gasteiger partial charge in [-0.25, -0.2) is 4.79 Å². The summed E-state index contributed by atoms with van der Waals surface area (Å²) >= 11 is 0. The van der Waals surface area contributed by atoms with E-state index in [1.165, 1.54) is 28.8 Å². The van der Waals surface area contributed by atoms with Crippen LogP contribution in [0.5, 0.6) is 0 Å². The molecule has 2 aromatic carbocycles. The van der Waals surface area contributed by atoms with E-state index in [0.717, 1.165) is 18.7 Å². The maximum absolute atomic E-state index is 12.2. The molecule has 2 heterocycles. The Kier molecular flexibility index (Phi) is 4.99. The minimum absolute atomic E-state index is 0.275. The highest BCUT2D eigenvalue weighted by molar-refractivity contribution is 5.81. The highest BCUT2D eigenvalue weighted by atomic mass is 16.5. The van der Waals surface area contributed by atoms with Crippen molar-refractivity contribution < 1.29 is 9.53 Å². The maximum atomic E-state index is 12.2. The molecule has 5 rings (SSSR count). The molecule has 2 aromatic rings. The quantitative estimate of drug-likeness (QED) is 0.842. The van der Waals surface area contributed by atoms with Gasteiger partial charge in [0.25, 0.3) is 0 Å². The summed E-state index contributed by atoms with van der Waals surface area (Å²) in [6.45, 7) is 2.95. The third-order valence-electron chi connectivity index (χ3n) is 6.77. The zero-order valence-electron chi connectivity index (χ0n) is 17.7. The van der Waals surface area contributed by atoms with Gasteiger partial charge in [0, 0.05) is 50.2 Å². The van der Waals surface area contributed by atoms with E-state index in [-0.39, 0.29) is 12.0 Å². The predicted octanol–water partition coefficient (Wildman–Crippen LogP) is 3.86. The predicted molar refractivity (Wildman–Crippen MR) is 120 cm³/mol. The maximum Gasteiger partial charge on any atom is 0.407 e. The van der Waals surface area contributed by atoms with Gasteiger partial charge in [0.2, 0.25) is 0 Å². The molecule has 1 unspecified atom stereocenters. The Bertz CT molecular complexity index is 972. The first-order valence-electron chi connectivity index (χ1n) is 10.8. The lowest BCUT2D eigenvalue weighted by atomic mass is 9.74. The van der Waals surface area contributed by atoms with Crippen LogP contribution < -0.4 is 10.2 Å². The fraction of sp³-hybridized carbons (Fsp3) is 0.400. The first-order valence-corrected chi connectivity index (χ1v) is 10.8. The molecular weight excluding hydrogens is 374 g/mol. The lowest BCUT2D eigenvalue weighted by molar-refractivity contribution is 0.137. The second-order valence-corrected chi connectivity index (χ2v) is 8.83. The van der Waals surface area contributed by atoms with Crippen LogP contribution in [0.2, 0.25) is 0 Å². The number of likely N-dealkylation sites (N-methyl/N-ethyl adjacent to an activating group) is 2. The summed E-state index contributed by atoms with van der Waals surface area (Å²) in [4.78, 5) is 17.0. The van der Waals surface area contributed by atoms with E-state index < -0.39 is 0 Å². The van der Waals surface area contributed by atoms with Crippen molar-refractivity contribution in [3.8, 4) is 0 Å². The first kappa shape index (κ1) is 19.2. The summed E-state index contributed by atoms with van der Waals surface area (Å²) in [7, 11) is 4.41. The number of anilines is 1. The summed E-state index contributed by atoms with van der Waals surface area (Å²) < 4.78 is 5.37. The van der Waals surface area contributed by atoms with Crippen molar-refractivity contribution in [2.24, 2.45) is 5.92 Å². The lowest BCUT2D eigenvalue weighted by Gasteiger charge is -2.42. The van der Waals surface area contributed by atoms with Gasteiger partial charge in [-0.2, -0.15) is 0 Å². The monoisotopic (exact) mass is 403 g/mol. The van der Waals surface area contributed by atoms with Crippen molar-refractivity contribution in [3.63, 3.8) is 0 Å².